The van der Waals surface area contributed by atoms with Gasteiger partial charge in [0.2, 0.25) is 10.0 Å². The molecule has 1 aliphatic heterocycles. The largest absolute Gasteiger partial charge is 0.377 e. The lowest BCUT2D eigenvalue weighted by Gasteiger charge is -2.19. The number of aryl methyl sites for hydroxylation is 1. The first kappa shape index (κ1) is 22.2. The molecule has 32 heavy (non-hydrogen) atoms. The molecule has 2 aromatic carbocycles. The van der Waals surface area contributed by atoms with Gasteiger partial charge in [0.15, 0.2) is 0 Å². The fraction of sp³-hybridized carbons (Fsp3) is 0.304. The summed E-state index contributed by atoms with van der Waals surface area (Å²) < 4.78 is 35.4. The van der Waals surface area contributed by atoms with Crippen LogP contribution in [-0.2, 0) is 21.8 Å². The molecular weight excluding hydrogens is 428 g/mol. The molecule has 0 radical (unpaired) electrons. The van der Waals surface area contributed by atoms with Crippen molar-refractivity contribution < 1.29 is 17.9 Å². The zero-order valence-corrected chi connectivity index (χ0v) is 18.6. The van der Waals surface area contributed by atoms with Crippen LogP contribution in [0.4, 0.5) is 0 Å². The molecule has 0 bridgehead atoms. The SMILES string of the molecule is Cn1ccnc1[C@@H](NC(=O)c1cccc(S(=O)(=O)NC[C@H]2CCCO2)c1)c1ccccc1. The standard InChI is InChI=1S/C23H26N4O4S/c1-27-13-12-24-22(27)21(17-7-3-2-4-8-17)26-23(28)18-9-5-11-20(15-18)32(29,30)25-16-19-10-6-14-31-19/h2-5,7-9,11-13,15,19,21,25H,6,10,14,16H2,1H3,(H,26,28)/t19-,21+/m1/s1. The van der Waals surface area contributed by atoms with Crippen LogP contribution in [0.5, 0.6) is 0 Å². The van der Waals surface area contributed by atoms with E-state index in [0.29, 0.717) is 12.4 Å². The Kier molecular flexibility index (Phi) is 6.69. The molecule has 9 heteroatoms. The van der Waals surface area contributed by atoms with Gasteiger partial charge in [-0.15, -0.1) is 0 Å². The molecule has 0 unspecified atom stereocenters. The Morgan fingerprint density at radius 1 is 1.22 bits per heavy atom. The molecule has 0 spiro atoms. The highest BCUT2D eigenvalue weighted by Gasteiger charge is 2.24. The lowest BCUT2D eigenvalue weighted by Crippen LogP contribution is -2.33. The molecule has 0 saturated carbocycles. The third kappa shape index (κ3) is 5.07. The smallest absolute Gasteiger partial charge is 0.252 e. The molecule has 3 aromatic rings. The minimum absolute atomic E-state index is 0.0383. The molecule has 4 rings (SSSR count). The summed E-state index contributed by atoms with van der Waals surface area (Å²) in [5.74, 6) is 0.282. The molecule has 2 atom stereocenters. The van der Waals surface area contributed by atoms with Crippen LogP contribution in [0.3, 0.4) is 0 Å². The van der Waals surface area contributed by atoms with E-state index in [-0.39, 0.29) is 23.1 Å². The Labute approximate surface area is 187 Å². The molecule has 8 nitrogen and oxygen atoms in total. The molecule has 2 heterocycles. The van der Waals surface area contributed by atoms with Gasteiger partial charge in [-0.1, -0.05) is 36.4 Å². The fourth-order valence-corrected chi connectivity index (χ4v) is 4.82. The van der Waals surface area contributed by atoms with E-state index in [1.807, 2.05) is 48.1 Å². The van der Waals surface area contributed by atoms with Gasteiger partial charge in [-0.05, 0) is 36.6 Å². The highest BCUT2D eigenvalue weighted by atomic mass is 32.2. The Morgan fingerprint density at radius 2 is 2.03 bits per heavy atom. The summed E-state index contributed by atoms with van der Waals surface area (Å²) in [6.07, 6.45) is 5.13. The summed E-state index contributed by atoms with van der Waals surface area (Å²) in [6.45, 7) is 0.870. The van der Waals surface area contributed by atoms with Crippen LogP contribution in [-0.4, -0.2) is 43.1 Å². The third-order valence-electron chi connectivity index (χ3n) is 5.46. The van der Waals surface area contributed by atoms with E-state index in [2.05, 4.69) is 15.0 Å². The van der Waals surface area contributed by atoms with Gasteiger partial charge in [0.1, 0.15) is 11.9 Å². The van der Waals surface area contributed by atoms with E-state index in [4.69, 9.17) is 4.74 Å². The number of amides is 1. The van der Waals surface area contributed by atoms with Crippen molar-refractivity contribution in [2.24, 2.45) is 7.05 Å². The second-order valence-corrected chi connectivity index (χ2v) is 9.50. The van der Waals surface area contributed by atoms with Crippen LogP contribution in [0.1, 0.15) is 40.6 Å². The first-order valence-electron chi connectivity index (χ1n) is 10.5. The summed E-state index contributed by atoms with van der Waals surface area (Å²) >= 11 is 0. The van der Waals surface area contributed by atoms with E-state index in [1.54, 1.807) is 18.3 Å². The second-order valence-electron chi connectivity index (χ2n) is 7.73. The maximum Gasteiger partial charge on any atom is 0.252 e. The zero-order chi connectivity index (χ0) is 22.6. The van der Waals surface area contributed by atoms with Crippen molar-refractivity contribution in [1.82, 2.24) is 19.6 Å². The second kappa shape index (κ2) is 9.64. The van der Waals surface area contributed by atoms with E-state index < -0.39 is 22.0 Å². The lowest BCUT2D eigenvalue weighted by atomic mass is 10.1. The number of rotatable bonds is 8. The number of imidazole rings is 1. The number of hydrogen-bond donors (Lipinski definition) is 2. The Morgan fingerprint density at radius 3 is 2.72 bits per heavy atom. The van der Waals surface area contributed by atoms with E-state index >= 15 is 0 Å². The number of aromatic nitrogens is 2. The number of nitrogens with one attached hydrogen (secondary N) is 2. The summed E-state index contributed by atoms with van der Waals surface area (Å²) in [6, 6.07) is 15.0. The number of sulfonamides is 1. The highest BCUT2D eigenvalue weighted by molar-refractivity contribution is 7.89. The van der Waals surface area contributed by atoms with Gasteiger partial charge >= 0.3 is 0 Å². The van der Waals surface area contributed by atoms with Crippen LogP contribution < -0.4 is 10.0 Å². The highest BCUT2D eigenvalue weighted by Crippen LogP contribution is 2.21. The predicted molar refractivity (Wildman–Crippen MR) is 120 cm³/mol. The third-order valence-corrected chi connectivity index (χ3v) is 6.88. The topological polar surface area (TPSA) is 102 Å². The first-order valence-corrected chi connectivity index (χ1v) is 12.0. The molecule has 1 saturated heterocycles. The molecule has 1 amide bonds. The predicted octanol–water partition coefficient (Wildman–Crippen LogP) is 2.40. The number of ether oxygens (including phenoxy) is 1. The van der Waals surface area contributed by atoms with E-state index in [0.717, 1.165) is 18.4 Å². The van der Waals surface area contributed by atoms with Gasteiger partial charge in [0.25, 0.3) is 5.91 Å². The van der Waals surface area contributed by atoms with Gasteiger partial charge in [-0.2, -0.15) is 0 Å². The van der Waals surface area contributed by atoms with Crippen LogP contribution in [0.25, 0.3) is 0 Å². The fourth-order valence-electron chi connectivity index (χ4n) is 3.71. The lowest BCUT2D eigenvalue weighted by molar-refractivity contribution is 0.0941. The maximum atomic E-state index is 13.1. The van der Waals surface area contributed by atoms with Gasteiger partial charge in [-0.3, -0.25) is 4.79 Å². The monoisotopic (exact) mass is 454 g/mol. The normalized spacial score (nSPS) is 17.2. The van der Waals surface area contributed by atoms with E-state index in [9.17, 15) is 13.2 Å². The van der Waals surface area contributed by atoms with Crippen LogP contribution >= 0.6 is 0 Å². The van der Waals surface area contributed by atoms with Crippen molar-refractivity contribution in [3.05, 3.63) is 83.9 Å². The molecule has 1 fully saturated rings. The molecule has 1 aromatic heterocycles. The van der Waals surface area contributed by atoms with Gasteiger partial charge in [0.05, 0.1) is 11.0 Å². The van der Waals surface area contributed by atoms with Crippen molar-refractivity contribution >= 4 is 15.9 Å². The molecule has 168 valence electrons. The Bertz CT molecular complexity index is 1170. The molecular formula is C23H26N4O4S. The number of carbonyl (C=O) groups excluding carboxylic acids is 1. The number of carbonyl (C=O) groups is 1. The summed E-state index contributed by atoms with van der Waals surface area (Å²) in [4.78, 5) is 17.5. The van der Waals surface area contributed by atoms with Crippen molar-refractivity contribution in [3.63, 3.8) is 0 Å². The quantitative estimate of drug-likeness (QED) is 0.544. The maximum absolute atomic E-state index is 13.1. The summed E-state index contributed by atoms with van der Waals surface area (Å²) in [5, 5.41) is 2.99. The number of nitrogens with zero attached hydrogens (tertiary/aromatic N) is 2. The number of benzene rings is 2. The molecule has 0 aliphatic carbocycles. The van der Waals surface area contributed by atoms with Gasteiger partial charge in [0, 0.05) is 38.2 Å². The Balaban J connectivity index is 1.54. The molecule has 1 aliphatic rings. The summed E-state index contributed by atoms with van der Waals surface area (Å²) in [7, 11) is -1.90. The first-order chi connectivity index (χ1) is 15.4. The minimum Gasteiger partial charge on any atom is -0.377 e. The van der Waals surface area contributed by atoms with Crippen molar-refractivity contribution in [3.8, 4) is 0 Å². The van der Waals surface area contributed by atoms with Crippen LogP contribution in [0, 0.1) is 0 Å². The Hall–Kier alpha value is -3.01. The van der Waals surface area contributed by atoms with Crippen LogP contribution in [0.15, 0.2) is 71.9 Å². The minimum atomic E-state index is -3.76. The van der Waals surface area contributed by atoms with Crippen molar-refractivity contribution in [2.75, 3.05) is 13.2 Å². The summed E-state index contributed by atoms with van der Waals surface area (Å²) in [5.41, 5.74) is 1.12. The average molecular weight is 455 g/mol. The zero-order valence-electron chi connectivity index (χ0n) is 17.8. The van der Waals surface area contributed by atoms with Crippen LogP contribution in [0.2, 0.25) is 0 Å². The molecule has 2 N–H and O–H groups in total. The van der Waals surface area contributed by atoms with E-state index in [1.165, 1.54) is 12.1 Å². The average Bonchev–Trinajstić information content (AvgIpc) is 3.48. The van der Waals surface area contributed by atoms with Gasteiger partial charge < -0.3 is 14.6 Å². The van der Waals surface area contributed by atoms with Crippen molar-refractivity contribution in [2.45, 2.75) is 29.9 Å². The van der Waals surface area contributed by atoms with Crippen molar-refractivity contribution in [1.29, 1.82) is 0 Å². The van der Waals surface area contributed by atoms with Gasteiger partial charge in [-0.25, -0.2) is 18.1 Å². The number of hydrogen-bond acceptors (Lipinski definition) is 5.